The van der Waals surface area contributed by atoms with Gasteiger partial charge in [-0.2, -0.15) is 0 Å². The fourth-order valence-electron chi connectivity index (χ4n) is 3.60. The maximum absolute atomic E-state index is 5.64. The van der Waals surface area contributed by atoms with Crippen molar-refractivity contribution in [3.05, 3.63) is 23.9 Å². The van der Waals surface area contributed by atoms with Crippen LogP contribution in [0.4, 0.5) is 5.82 Å². The highest BCUT2D eigenvalue weighted by molar-refractivity contribution is 7.80. The van der Waals surface area contributed by atoms with E-state index >= 15 is 0 Å². The molecule has 2 saturated heterocycles. The molecule has 3 heterocycles. The summed E-state index contributed by atoms with van der Waals surface area (Å²) in [6.07, 6.45) is 6.43. The molecule has 108 valence electrons. The lowest BCUT2D eigenvalue weighted by molar-refractivity contribution is 0.0608. The second-order valence-electron chi connectivity index (χ2n) is 5.99. The summed E-state index contributed by atoms with van der Waals surface area (Å²) in [7, 11) is 2.27. The van der Waals surface area contributed by atoms with Gasteiger partial charge >= 0.3 is 0 Å². The Labute approximate surface area is 125 Å². The molecule has 2 fully saturated rings. The number of aromatic nitrogens is 1. The highest BCUT2D eigenvalue weighted by Gasteiger charge is 2.35. The molecule has 2 aliphatic rings. The van der Waals surface area contributed by atoms with E-state index in [4.69, 9.17) is 18.0 Å². The molecule has 3 rings (SSSR count). The molecule has 0 saturated carbocycles. The summed E-state index contributed by atoms with van der Waals surface area (Å²) in [6.45, 7) is 0. The quantitative estimate of drug-likeness (QED) is 0.835. The van der Waals surface area contributed by atoms with E-state index in [0.29, 0.717) is 16.7 Å². The van der Waals surface area contributed by atoms with Crippen molar-refractivity contribution in [2.24, 2.45) is 5.73 Å². The van der Waals surface area contributed by atoms with Crippen molar-refractivity contribution in [3.63, 3.8) is 0 Å². The third kappa shape index (κ3) is 2.79. The molecule has 0 aliphatic carbocycles. The third-order valence-electron chi connectivity index (χ3n) is 4.69. The van der Waals surface area contributed by atoms with E-state index in [-0.39, 0.29) is 0 Å². The average Bonchev–Trinajstić information content (AvgIpc) is 2.40. The largest absolute Gasteiger partial charge is 0.388 e. The Bertz CT molecular complexity index is 490. The van der Waals surface area contributed by atoms with Gasteiger partial charge in [0.2, 0.25) is 0 Å². The molecule has 2 unspecified atom stereocenters. The van der Waals surface area contributed by atoms with Gasteiger partial charge in [-0.1, -0.05) is 24.7 Å². The van der Waals surface area contributed by atoms with Crippen LogP contribution in [0, 0.1) is 0 Å². The molecule has 0 amide bonds. The second kappa shape index (κ2) is 5.66. The maximum Gasteiger partial charge on any atom is 0.126 e. The number of hydrogen-bond donors (Lipinski definition) is 2. The number of nitrogens with zero attached hydrogens (tertiary/aromatic N) is 2. The molecule has 3 N–H and O–H groups in total. The highest BCUT2D eigenvalue weighted by atomic mass is 32.1. The van der Waals surface area contributed by atoms with Crippen LogP contribution in [0.5, 0.6) is 0 Å². The molecule has 0 aromatic carbocycles. The zero-order chi connectivity index (χ0) is 14.1. The van der Waals surface area contributed by atoms with Crippen LogP contribution < -0.4 is 11.1 Å². The molecule has 5 heteroatoms. The number of fused-ring (bicyclic) bond motifs is 2. The fraction of sp³-hybridized carbons (Fsp3) is 0.600. The highest BCUT2D eigenvalue weighted by Crippen LogP contribution is 2.33. The first kappa shape index (κ1) is 13.8. The standard InChI is InChI=1S/C15H22N4S/c1-19-11-4-2-5-12(19)9-10(8-11)17-14-7-3-6-13(18-14)15(16)20/h3,6-7,10-12H,2,4-5,8-9H2,1H3,(H2,16,20)(H,17,18). The van der Waals surface area contributed by atoms with Crippen molar-refractivity contribution in [2.75, 3.05) is 12.4 Å². The Morgan fingerprint density at radius 2 is 2.05 bits per heavy atom. The van der Waals surface area contributed by atoms with Crippen molar-refractivity contribution in [3.8, 4) is 0 Å². The summed E-state index contributed by atoms with van der Waals surface area (Å²) in [4.78, 5) is 7.41. The lowest BCUT2D eigenvalue weighted by Gasteiger charge is -2.47. The van der Waals surface area contributed by atoms with Gasteiger partial charge in [0.25, 0.3) is 0 Å². The Hall–Kier alpha value is -1.20. The van der Waals surface area contributed by atoms with Crippen LogP contribution in [0.2, 0.25) is 0 Å². The number of nitrogens with one attached hydrogen (secondary N) is 1. The first-order valence-electron chi connectivity index (χ1n) is 7.39. The number of anilines is 1. The summed E-state index contributed by atoms with van der Waals surface area (Å²) in [5, 5.41) is 3.57. The van der Waals surface area contributed by atoms with E-state index in [2.05, 4.69) is 22.2 Å². The number of nitrogens with two attached hydrogens (primary N) is 1. The van der Waals surface area contributed by atoms with Crippen molar-refractivity contribution >= 4 is 23.0 Å². The first-order chi connectivity index (χ1) is 9.63. The zero-order valence-electron chi connectivity index (χ0n) is 11.9. The number of thiocarbonyl (C=S) groups is 1. The van der Waals surface area contributed by atoms with Gasteiger partial charge in [-0.05, 0) is 44.9 Å². The van der Waals surface area contributed by atoms with Crippen molar-refractivity contribution in [2.45, 2.75) is 50.2 Å². The lowest BCUT2D eigenvalue weighted by atomic mass is 9.82. The van der Waals surface area contributed by atoms with Gasteiger partial charge in [-0.3, -0.25) is 0 Å². The van der Waals surface area contributed by atoms with Crippen LogP contribution in [-0.2, 0) is 0 Å². The molecule has 4 nitrogen and oxygen atoms in total. The van der Waals surface area contributed by atoms with Gasteiger partial charge < -0.3 is 16.0 Å². The van der Waals surface area contributed by atoms with Gasteiger partial charge in [0.05, 0.1) is 5.69 Å². The topological polar surface area (TPSA) is 54.2 Å². The predicted molar refractivity (Wildman–Crippen MR) is 86.0 cm³/mol. The van der Waals surface area contributed by atoms with Gasteiger partial charge in [0.1, 0.15) is 10.8 Å². The van der Waals surface area contributed by atoms with Gasteiger partial charge in [0.15, 0.2) is 0 Å². The van der Waals surface area contributed by atoms with Crippen LogP contribution in [0.25, 0.3) is 0 Å². The summed E-state index contributed by atoms with van der Waals surface area (Å²) < 4.78 is 0. The van der Waals surface area contributed by atoms with Crippen LogP contribution in [-0.4, -0.2) is 40.0 Å². The van der Waals surface area contributed by atoms with Gasteiger partial charge in [-0.15, -0.1) is 0 Å². The Balaban J connectivity index is 1.69. The van der Waals surface area contributed by atoms with Crippen LogP contribution in [0.1, 0.15) is 37.8 Å². The van der Waals surface area contributed by atoms with Crippen LogP contribution in [0.15, 0.2) is 18.2 Å². The molecular weight excluding hydrogens is 268 g/mol. The first-order valence-corrected chi connectivity index (χ1v) is 7.79. The van der Waals surface area contributed by atoms with Gasteiger partial charge in [-0.25, -0.2) is 4.98 Å². The minimum absolute atomic E-state index is 0.355. The average molecular weight is 290 g/mol. The Morgan fingerprint density at radius 1 is 1.35 bits per heavy atom. The van der Waals surface area contributed by atoms with E-state index in [0.717, 1.165) is 17.9 Å². The molecule has 1 aromatic heterocycles. The molecular formula is C15H22N4S. The Morgan fingerprint density at radius 3 is 2.70 bits per heavy atom. The molecule has 0 spiro atoms. The number of piperidine rings is 2. The zero-order valence-corrected chi connectivity index (χ0v) is 12.7. The molecule has 2 aliphatic heterocycles. The van der Waals surface area contributed by atoms with Crippen molar-refractivity contribution in [1.82, 2.24) is 9.88 Å². The monoisotopic (exact) mass is 290 g/mol. The summed E-state index contributed by atoms with van der Waals surface area (Å²) in [6, 6.07) is 7.76. The fourth-order valence-corrected chi connectivity index (χ4v) is 3.71. The maximum atomic E-state index is 5.64. The lowest BCUT2D eigenvalue weighted by Crippen LogP contribution is -2.52. The number of pyridine rings is 1. The van der Waals surface area contributed by atoms with E-state index in [1.54, 1.807) is 0 Å². The molecule has 2 bridgehead atoms. The van der Waals surface area contributed by atoms with E-state index < -0.39 is 0 Å². The molecule has 2 atom stereocenters. The minimum atomic E-state index is 0.355. The molecule has 0 radical (unpaired) electrons. The second-order valence-corrected chi connectivity index (χ2v) is 6.43. The summed E-state index contributed by atoms with van der Waals surface area (Å²) in [5.41, 5.74) is 6.34. The molecule has 20 heavy (non-hydrogen) atoms. The third-order valence-corrected chi connectivity index (χ3v) is 4.90. The number of rotatable bonds is 3. The molecule has 1 aromatic rings. The van der Waals surface area contributed by atoms with E-state index in [9.17, 15) is 0 Å². The van der Waals surface area contributed by atoms with E-state index in [1.807, 2.05) is 18.2 Å². The van der Waals surface area contributed by atoms with Crippen molar-refractivity contribution < 1.29 is 0 Å². The Kier molecular flexibility index (Phi) is 3.89. The SMILES string of the molecule is CN1C2CCCC1CC(Nc1cccc(C(N)=S)n1)C2. The van der Waals surface area contributed by atoms with Crippen LogP contribution >= 0.6 is 12.2 Å². The van der Waals surface area contributed by atoms with Crippen LogP contribution in [0.3, 0.4) is 0 Å². The summed E-state index contributed by atoms with van der Waals surface area (Å²) >= 11 is 4.99. The normalized spacial score (nSPS) is 29.9. The van der Waals surface area contributed by atoms with Crippen molar-refractivity contribution in [1.29, 1.82) is 0 Å². The smallest absolute Gasteiger partial charge is 0.126 e. The number of hydrogen-bond acceptors (Lipinski definition) is 4. The minimum Gasteiger partial charge on any atom is -0.388 e. The summed E-state index contributed by atoms with van der Waals surface area (Å²) in [5.74, 6) is 0.892. The van der Waals surface area contributed by atoms with Gasteiger partial charge in [0, 0.05) is 18.1 Å². The van der Waals surface area contributed by atoms with E-state index in [1.165, 1.54) is 32.1 Å². The predicted octanol–water partition coefficient (Wildman–Crippen LogP) is 2.14.